The van der Waals surface area contributed by atoms with E-state index in [1.165, 1.54) is 0 Å². The lowest BCUT2D eigenvalue weighted by atomic mass is 10.0. The van der Waals surface area contributed by atoms with Gasteiger partial charge in [-0.05, 0) is 5.53 Å². The summed E-state index contributed by atoms with van der Waals surface area (Å²) in [5.74, 6) is -1.01. The van der Waals surface area contributed by atoms with Crippen molar-refractivity contribution in [2.24, 2.45) is 5.11 Å². The van der Waals surface area contributed by atoms with Crippen molar-refractivity contribution in [3.8, 4) is 0 Å². The Labute approximate surface area is 237 Å². The number of ether oxygens (including phenoxy) is 1. The number of aliphatic hydroxyl groups excluding tert-OH is 5. The van der Waals surface area contributed by atoms with Crippen LogP contribution in [0.4, 0.5) is 0 Å². The van der Waals surface area contributed by atoms with Gasteiger partial charge in [0.25, 0.3) is 5.56 Å². The molecule has 2 fully saturated rings. The molecule has 2 saturated heterocycles. The number of aromatic nitrogens is 2. The molecule has 3 rings (SSSR count). The van der Waals surface area contributed by atoms with Crippen LogP contribution in [0.5, 0.6) is 0 Å². The smallest absolute Gasteiger partial charge is 0.395 e. The number of thioether (sulfide) groups is 1. The second-order valence-corrected chi connectivity index (χ2v) is 13.0. The molecule has 0 radical (unpaired) electrons. The normalized spacial score (nSPS) is 34.1. The highest BCUT2D eigenvalue weighted by atomic mass is 32.2. The molecular formula is C17H26N6O16P2S. The monoisotopic (exact) mass is 664 g/mol. The van der Waals surface area contributed by atoms with Gasteiger partial charge < -0.3 is 45.4 Å². The molecule has 0 bridgehead atoms. The molecule has 1 aromatic rings. The molecule has 0 saturated carbocycles. The fourth-order valence-electron chi connectivity index (χ4n) is 3.85. The Bertz CT molecular complexity index is 1390. The van der Waals surface area contributed by atoms with Crippen LogP contribution < -0.4 is 16.6 Å². The minimum Gasteiger partial charge on any atom is -0.395 e. The summed E-state index contributed by atoms with van der Waals surface area (Å²) in [5, 5.41) is 54.3. The summed E-state index contributed by atoms with van der Waals surface area (Å²) in [6.45, 7) is -2.60. The van der Waals surface area contributed by atoms with Gasteiger partial charge in [0.1, 0.15) is 36.4 Å². The molecule has 0 spiro atoms. The first kappa shape index (κ1) is 34.3. The van der Waals surface area contributed by atoms with E-state index in [-0.39, 0.29) is 0 Å². The number of amides is 1. The third-order valence-electron chi connectivity index (χ3n) is 5.79. The van der Waals surface area contributed by atoms with Crippen molar-refractivity contribution in [3.05, 3.63) is 43.5 Å². The number of azide groups is 1. The van der Waals surface area contributed by atoms with Gasteiger partial charge in [0.15, 0.2) is 6.23 Å². The highest BCUT2D eigenvalue weighted by molar-refractivity contribution is 8.00. The van der Waals surface area contributed by atoms with Crippen LogP contribution in [0.3, 0.4) is 0 Å². The van der Waals surface area contributed by atoms with Crippen LogP contribution in [0.15, 0.2) is 27.0 Å². The summed E-state index contributed by atoms with van der Waals surface area (Å²) in [4.78, 5) is 59.6. The van der Waals surface area contributed by atoms with Crippen molar-refractivity contribution in [2.75, 3.05) is 19.8 Å². The summed E-state index contributed by atoms with van der Waals surface area (Å²) in [6.07, 6.45) is -9.40. The van der Waals surface area contributed by atoms with Gasteiger partial charge in [-0.3, -0.25) is 28.2 Å². The third kappa shape index (κ3) is 8.47. The second kappa shape index (κ2) is 14.1. The van der Waals surface area contributed by atoms with E-state index < -0.39 is 106 Å². The van der Waals surface area contributed by atoms with Gasteiger partial charge in [0.05, 0.1) is 30.6 Å². The predicted octanol–water partition coefficient (Wildman–Crippen LogP) is -3.64. The first-order valence-electron chi connectivity index (χ1n) is 11.5. The fraction of sp³-hybridized carbons (Fsp3) is 0.706. The number of phosphoric ester groups is 2. The minimum atomic E-state index is -5.63. The number of carbonyl (C=O) groups excluding carboxylic acids is 1. The van der Waals surface area contributed by atoms with Gasteiger partial charge >= 0.3 is 21.3 Å². The fourth-order valence-corrected chi connectivity index (χ4v) is 7.64. The quantitative estimate of drug-likeness (QED) is 0.0450. The molecule has 2 unspecified atom stereocenters. The van der Waals surface area contributed by atoms with Crippen molar-refractivity contribution in [1.82, 2.24) is 14.9 Å². The zero-order chi connectivity index (χ0) is 31.4. The number of aromatic amines is 1. The van der Waals surface area contributed by atoms with Crippen LogP contribution in [0.2, 0.25) is 0 Å². The molecule has 0 aromatic carbocycles. The summed E-state index contributed by atoms with van der Waals surface area (Å²) in [6, 6.07) is -0.764. The molecule has 9 N–H and O–H groups in total. The molecule has 2 aliphatic heterocycles. The van der Waals surface area contributed by atoms with Crippen molar-refractivity contribution >= 4 is 33.3 Å². The summed E-state index contributed by atoms with van der Waals surface area (Å²) in [7, 11) is -11.2. The van der Waals surface area contributed by atoms with E-state index in [0.29, 0.717) is 11.8 Å². The van der Waals surface area contributed by atoms with Crippen LogP contribution in [-0.4, -0.2) is 118 Å². The van der Waals surface area contributed by atoms with Gasteiger partial charge in [-0.25, -0.2) is 13.9 Å². The van der Waals surface area contributed by atoms with Crippen molar-refractivity contribution in [3.63, 3.8) is 0 Å². The van der Waals surface area contributed by atoms with Crippen LogP contribution in [0, 0.1) is 0 Å². The lowest BCUT2D eigenvalue weighted by molar-refractivity contribution is -0.123. The number of H-pyrrole nitrogens is 1. The molecule has 1 amide bonds. The van der Waals surface area contributed by atoms with E-state index in [9.17, 15) is 58.8 Å². The van der Waals surface area contributed by atoms with Crippen LogP contribution in [0.25, 0.3) is 10.4 Å². The van der Waals surface area contributed by atoms with E-state index in [1.807, 2.05) is 4.98 Å². The van der Waals surface area contributed by atoms with Gasteiger partial charge in [-0.15, -0.1) is 11.8 Å². The lowest BCUT2D eigenvalue weighted by Gasteiger charge is -2.41. The SMILES string of the molecule is [N-]=[N+]=NCC(=O)N[C@@H]1[C@@H](O)[C@H](O)[C@@H](CO)S[C@@H]1OP(=O)(O)OP(=O)(O)OC[C@H]1O[C@@H](n2ccc(=O)[nH]c2=O)[C@H](O)[C@@H]1O. The van der Waals surface area contributed by atoms with Crippen LogP contribution in [-0.2, 0) is 32.0 Å². The number of rotatable bonds is 12. The zero-order valence-electron chi connectivity index (χ0n) is 20.9. The predicted molar refractivity (Wildman–Crippen MR) is 135 cm³/mol. The maximum atomic E-state index is 12.6. The number of nitrogens with zero attached hydrogens (tertiary/aromatic N) is 4. The van der Waals surface area contributed by atoms with E-state index in [2.05, 4.69) is 24.2 Å². The Morgan fingerprint density at radius 2 is 1.86 bits per heavy atom. The summed E-state index contributed by atoms with van der Waals surface area (Å²) < 4.78 is 44.7. The van der Waals surface area contributed by atoms with Crippen molar-refractivity contribution in [1.29, 1.82) is 0 Å². The minimum absolute atomic E-state index is 0.449. The Kier molecular flexibility index (Phi) is 11.5. The van der Waals surface area contributed by atoms with E-state index in [1.54, 1.807) is 0 Å². The number of hydrogen-bond donors (Lipinski definition) is 9. The van der Waals surface area contributed by atoms with Crippen LogP contribution >= 0.6 is 27.4 Å². The maximum Gasteiger partial charge on any atom is 0.482 e. The standard InChI is InChI=1S/C17H26N6O16P2S/c18-22-19-3-9(26)20-10-13(29)12(28)7(4-24)42-16(10)38-41(34,35)39-40(32,33)36-5-6-11(27)14(30)15(37-6)23-2-1-8(25)21-17(23)31/h1-2,6-7,10-16,24,27-30H,3-5H2,(H,20,26)(H,32,33)(H,34,35)(H,21,25,31)/t6-,7-,10-,11-,12-,13-,14-,15-,16+/m1/s1. The molecule has 1 aromatic heterocycles. The number of carbonyl (C=O) groups is 1. The summed E-state index contributed by atoms with van der Waals surface area (Å²) >= 11 is 0.449. The molecule has 42 heavy (non-hydrogen) atoms. The number of hydrogen-bond acceptors (Lipinski definition) is 16. The van der Waals surface area contributed by atoms with Gasteiger partial charge in [0.2, 0.25) is 5.91 Å². The van der Waals surface area contributed by atoms with Gasteiger partial charge in [-0.1, -0.05) is 5.11 Å². The highest BCUT2D eigenvalue weighted by Gasteiger charge is 2.50. The topological polar surface area (TPSA) is 345 Å². The third-order valence-corrected chi connectivity index (χ3v) is 9.99. The van der Waals surface area contributed by atoms with E-state index >= 15 is 0 Å². The molecule has 3 heterocycles. The molecule has 236 valence electrons. The van der Waals surface area contributed by atoms with Gasteiger partial charge in [0, 0.05) is 17.2 Å². The molecule has 25 heteroatoms. The van der Waals surface area contributed by atoms with E-state index in [4.69, 9.17) is 14.8 Å². The Hall–Kier alpha value is -2.17. The van der Waals surface area contributed by atoms with Crippen molar-refractivity contribution in [2.45, 2.75) is 53.5 Å². The second-order valence-electron chi connectivity index (χ2n) is 8.67. The molecule has 2 aliphatic rings. The van der Waals surface area contributed by atoms with E-state index in [0.717, 1.165) is 16.8 Å². The maximum absolute atomic E-state index is 12.6. The Morgan fingerprint density at radius 1 is 1.17 bits per heavy atom. The molecule has 0 aliphatic carbocycles. The average molecular weight is 664 g/mol. The number of phosphoric acid groups is 2. The first-order valence-corrected chi connectivity index (χ1v) is 15.5. The Morgan fingerprint density at radius 3 is 2.48 bits per heavy atom. The van der Waals surface area contributed by atoms with Crippen LogP contribution in [0.1, 0.15) is 6.23 Å². The summed E-state index contributed by atoms with van der Waals surface area (Å²) in [5.41, 5.74) is 4.78. The lowest BCUT2D eigenvalue weighted by Crippen LogP contribution is -2.61. The first-order chi connectivity index (χ1) is 19.6. The number of aliphatic hydroxyl groups is 5. The van der Waals surface area contributed by atoms with Crippen molar-refractivity contribution < 1.29 is 67.3 Å². The zero-order valence-corrected chi connectivity index (χ0v) is 23.5. The molecule has 11 atom stereocenters. The molecular weight excluding hydrogens is 638 g/mol. The van der Waals surface area contributed by atoms with Gasteiger partial charge in [-0.2, -0.15) is 4.31 Å². The highest BCUT2D eigenvalue weighted by Crippen LogP contribution is 2.62. The largest absolute Gasteiger partial charge is 0.482 e. The molecule has 22 nitrogen and oxygen atoms in total. The Balaban J connectivity index is 1.67. The average Bonchev–Trinajstić information content (AvgIpc) is 3.18. The number of nitrogens with one attached hydrogen (secondary N) is 2.